The van der Waals surface area contributed by atoms with E-state index >= 15 is 0 Å². The fourth-order valence-corrected chi connectivity index (χ4v) is 5.64. The minimum atomic E-state index is -1.68. The molecule has 21 nitrogen and oxygen atoms in total. The zero-order valence-corrected chi connectivity index (χ0v) is 32.4. The number of carboxylic acids is 1. The summed E-state index contributed by atoms with van der Waals surface area (Å²) in [5.41, 5.74) is 16.6. The van der Waals surface area contributed by atoms with Crippen molar-refractivity contribution in [2.24, 2.45) is 23.1 Å². The summed E-state index contributed by atoms with van der Waals surface area (Å²) in [6.07, 6.45) is -0.498. The molecule has 0 bridgehead atoms. The average Bonchev–Trinajstić information content (AvgIpc) is 3.58. The van der Waals surface area contributed by atoms with Crippen molar-refractivity contribution in [1.82, 2.24) is 36.8 Å². The summed E-state index contributed by atoms with van der Waals surface area (Å²) < 4.78 is 0. The number of nitrogens with two attached hydrogens (primary N) is 3. The van der Waals surface area contributed by atoms with Gasteiger partial charge in [0, 0.05) is 6.54 Å². The second-order valence-electron chi connectivity index (χ2n) is 14.3. The van der Waals surface area contributed by atoms with Crippen molar-refractivity contribution in [3.63, 3.8) is 0 Å². The molecule has 8 amide bonds. The number of aliphatic hydroxyl groups is 1. The number of amides is 8. The van der Waals surface area contributed by atoms with Crippen molar-refractivity contribution in [2.45, 2.75) is 141 Å². The minimum absolute atomic E-state index is 0.0767. The lowest BCUT2D eigenvalue weighted by atomic mass is 10.0. The Labute approximate surface area is 320 Å². The molecule has 0 aromatic carbocycles. The number of hydrogen-bond acceptors (Lipinski definition) is 12. The predicted octanol–water partition coefficient (Wildman–Crippen LogP) is -4.21. The molecule has 1 saturated heterocycles. The third kappa shape index (κ3) is 16.2. The van der Waals surface area contributed by atoms with Crippen molar-refractivity contribution in [1.29, 1.82) is 0 Å². The lowest BCUT2D eigenvalue weighted by Gasteiger charge is -2.31. The smallest absolute Gasteiger partial charge is 0.325 e. The largest absolute Gasteiger partial charge is 0.480 e. The number of likely N-dealkylation sites (tertiary alicyclic amines) is 1. The maximum Gasteiger partial charge on any atom is 0.325 e. The van der Waals surface area contributed by atoms with E-state index in [4.69, 9.17) is 22.3 Å². The van der Waals surface area contributed by atoms with Gasteiger partial charge < -0.3 is 64.2 Å². The molecule has 0 unspecified atom stereocenters. The van der Waals surface area contributed by atoms with Crippen molar-refractivity contribution in [3.05, 3.63) is 0 Å². The van der Waals surface area contributed by atoms with Crippen LogP contribution in [0.25, 0.3) is 0 Å². The number of carbonyl (C=O) groups excluding carboxylic acids is 8. The number of aliphatic hydroxyl groups excluding tert-OH is 1. The molecule has 0 spiro atoms. The quantitative estimate of drug-likeness (QED) is 0.0439. The Bertz CT molecular complexity index is 1390. The van der Waals surface area contributed by atoms with E-state index in [1.807, 2.05) is 13.8 Å². The van der Waals surface area contributed by atoms with E-state index in [1.54, 1.807) is 0 Å². The third-order valence-electron chi connectivity index (χ3n) is 8.74. The van der Waals surface area contributed by atoms with Gasteiger partial charge in [-0.05, 0) is 78.7 Å². The van der Waals surface area contributed by atoms with Crippen LogP contribution in [0.3, 0.4) is 0 Å². The van der Waals surface area contributed by atoms with E-state index in [2.05, 4.69) is 31.9 Å². The maximum absolute atomic E-state index is 14.1. The van der Waals surface area contributed by atoms with E-state index in [0.717, 1.165) is 13.8 Å². The second-order valence-corrected chi connectivity index (χ2v) is 14.3. The first kappa shape index (κ1) is 48.1. The second kappa shape index (κ2) is 23.1. The number of nitrogens with one attached hydrogen (secondary N) is 6. The maximum atomic E-state index is 14.1. The lowest BCUT2D eigenvalue weighted by molar-refractivity contribution is -0.143. The number of nitrogens with zero attached hydrogens (tertiary/aromatic N) is 1. The predicted molar refractivity (Wildman–Crippen MR) is 197 cm³/mol. The Morgan fingerprint density at radius 1 is 0.727 bits per heavy atom. The van der Waals surface area contributed by atoms with Crippen LogP contribution in [0, 0.1) is 5.92 Å². The lowest BCUT2D eigenvalue weighted by Crippen LogP contribution is -2.61. The number of carboxylic acid groups (broad SMARTS) is 1. The van der Waals surface area contributed by atoms with Crippen LogP contribution >= 0.6 is 0 Å². The van der Waals surface area contributed by atoms with Crippen LogP contribution in [-0.2, 0) is 43.2 Å². The molecule has 0 aliphatic carbocycles. The molecule has 9 atom stereocenters. The van der Waals surface area contributed by atoms with E-state index in [-0.39, 0.29) is 31.7 Å². The summed E-state index contributed by atoms with van der Waals surface area (Å²) >= 11 is 0. The van der Waals surface area contributed by atoms with Crippen LogP contribution in [0.15, 0.2) is 0 Å². The summed E-state index contributed by atoms with van der Waals surface area (Å²) in [4.78, 5) is 117. The molecule has 1 aliphatic rings. The Kier molecular flexibility index (Phi) is 20.2. The van der Waals surface area contributed by atoms with Gasteiger partial charge in [-0.3, -0.25) is 43.2 Å². The van der Waals surface area contributed by atoms with E-state index in [1.165, 1.54) is 18.7 Å². The van der Waals surface area contributed by atoms with Crippen molar-refractivity contribution in [2.75, 3.05) is 13.1 Å². The first-order valence-electron chi connectivity index (χ1n) is 18.4. The molecule has 55 heavy (non-hydrogen) atoms. The number of hydrogen-bond donors (Lipinski definition) is 11. The van der Waals surface area contributed by atoms with Crippen LogP contribution in [0.2, 0.25) is 0 Å². The van der Waals surface area contributed by atoms with Crippen LogP contribution in [-0.4, -0.2) is 136 Å². The number of carbonyl (C=O) groups is 9. The normalized spacial score (nSPS) is 18.3. The molecule has 1 aliphatic heterocycles. The number of primary amides is 1. The summed E-state index contributed by atoms with van der Waals surface area (Å²) in [6, 6.07) is -10.0. The van der Waals surface area contributed by atoms with Gasteiger partial charge in [0.15, 0.2) is 0 Å². The molecule has 1 rings (SSSR count). The Morgan fingerprint density at radius 2 is 1.31 bits per heavy atom. The monoisotopic (exact) mass is 784 g/mol. The first-order valence-corrected chi connectivity index (χ1v) is 18.4. The average molecular weight is 785 g/mol. The molecule has 0 saturated carbocycles. The van der Waals surface area contributed by atoms with Gasteiger partial charge in [0.1, 0.15) is 42.3 Å². The molecule has 1 heterocycles. The van der Waals surface area contributed by atoms with Gasteiger partial charge >= 0.3 is 5.97 Å². The van der Waals surface area contributed by atoms with E-state index in [0.29, 0.717) is 25.8 Å². The highest BCUT2D eigenvalue weighted by atomic mass is 16.4. The SMILES string of the molecule is CC(C)C[C@H](NC(=O)[C@H](C)NC(=O)[C@H](C)N)C(=O)N[C@@H](CCCCN)C(=O)N1CCC[C@H]1C(=O)N[C@@H](CC(N)=O)C(=O)N[C@H](C(=O)N[C@@H](C)C(=O)O)[C@@H](C)O. The van der Waals surface area contributed by atoms with Gasteiger partial charge in [-0.25, -0.2) is 0 Å². The molecule has 0 aromatic heterocycles. The molecule has 0 radical (unpaired) electrons. The van der Waals surface area contributed by atoms with Gasteiger partial charge in [0.25, 0.3) is 0 Å². The standard InChI is InChI=1S/C34H60N10O11/c1-16(2)14-22(41-28(48)18(4)38-27(47)17(3)36)29(49)40-21(10-7-8-12-35)33(53)44-13-9-11-24(44)31(51)42-23(15-25(37)46)30(50)43-26(20(6)45)32(52)39-19(5)34(54)55/h16-24,26,45H,7-15,35-36H2,1-6H3,(H2,37,46)(H,38,47)(H,39,52)(H,40,49)(H,41,48)(H,42,51)(H,43,50)(H,54,55)/t17-,18-,19-,20+,21-,22-,23-,24-,26-/m0/s1. The van der Waals surface area contributed by atoms with Crippen LogP contribution in [0.1, 0.15) is 86.5 Å². The third-order valence-corrected chi connectivity index (χ3v) is 8.74. The minimum Gasteiger partial charge on any atom is -0.480 e. The summed E-state index contributed by atoms with van der Waals surface area (Å²) in [5.74, 6) is -7.96. The molecular weight excluding hydrogens is 724 g/mol. The zero-order chi connectivity index (χ0) is 42.2. The van der Waals surface area contributed by atoms with Crippen LogP contribution < -0.4 is 49.1 Å². The van der Waals surface area contributed by atoms with Gasteiger partial charge in [-0.2, -0.15) is 0 Å². The fraction of sp³-hybridized carbons (Fsp3) is 0.735. The number of unbranched alkanes of at least 4 members (excludes halogenated alkanes) is 1. The van der Waals surface area contributed by atoms with Gasteiger partial charge in [0.05, 0.1) is 18.6 Å². The summed E-state index contributed by atoms with van der Waals surface area (Å²) in [5, 5.41) is 33.8. The molecule has 312 valence electrons. The van der Waals surface area contributed by atoms with Crippen LogP contribution in [0.4, 0.5) is 0 Å². The van der Waals surface area contributed by atoms with Crippen molar-refractivity contribution in [3.8, 4) is 0 Å². The molecule has 21 heteroatoms. The highest BCUT2D eigenvalue weighted by molar-refractivity contribution is 5.98. The Morgan fingerprint density at radius 3 is 1.84 bits per heavy atom. The molecule has 0 aromatic rings. The van der Waals surface area contributed by atoms with Gasteiger partial charge in [-0.1, -0.05) is 13.8 Å². The zero-order valence-electron chi connectivity index (χ0n) is 32.4. The molecular formula is C34H60N10O11. The fourth-order valence-electron chi connectivity index (χ4n) is 5.64. The Hall–Kier alpha value is -4.89. The summed E-state index contributed by atoms with van der Waals surface area (Å²) in [6.45, 7) is 9.27. The highest BCUT2D eigenvalue weighted by Gasteiger charge is 2.40. The molecule has 1 fully saturated rings. The van der Waals surface area contributed by atoms with Crippen molar-refractivity contribution >= 4 is 53.2 Å². The molecule has 14 N–H and O–H groups in total. The van der Waals surface area contributed by atoms with Gasteiger partial charge in [-0.15, -0.1) is 0 Å². The summed E-state index contributed by atoms with van der Waals surface area (Å²) in [7, 11) is 0. The van der Waals surface area contributed by atoms with Crippen molar-refractivity contribution < 1.29 is 53.4 Å². The number of aliphatic carboxylic acids is 1. The number of rotatable bonds is 23. The van der Waals surface area contributed by atoms with Crippen LogP contribution in [0.5, 0.6) is 0 Å². The topological polar surface area (TPSA) is 348 Å². The van der Waals surface area contributed by atoms with Gasteiger partial charge in [0.2, 0.25) is 47.3 Å². The van der Waals surface area contributed by atoms with E-state index in [9.17, 15) is 48.3 Å². The Balaban J connectivity index is 3.26. The van der Waals surface area contributed by atoms with E-state index < -0.39 is 114 Å². The highest BCUT2D eigenvalue weighted by Crippen LogP contribution is 2.21. The first-order chi connectivity index (χ1) is 25.6.